The zero-order valence-electron chi connectivity index (χ0n) is 6.97. The van der Waals surface area contributed by atoms with E-state index in [0.717, 1.165) is 5.56 Å². The van der Waals surface area contributed by atoms with Crippen LogP contribution in [0.2, 0.25) is 0 Å². The van der Waals surface area contributed by atoms with E-state index < -0.39 is 0 Å². The van der Waals surface area contributed by atoms with Crippen molar-refractivity contribution in [1.29, 1.82) is 0 Å². The molecule has 0 saturated carbocycles. The van der Waals surface area contributed by atoms with E-state index in [2.05, 4.69) is 15.9 Å². The molecule has 2 nitrogen and oxygen atoms in total. The standard InChI is InChI=1S/C9H8BrClO2/c1-5-2-3-6(7(12)4-11)9(13)8(5)10/h2-3,13H,4H2,1H3. The molecule has 0 spiro atoms. The molecular weight excluding hydrogens is 255 g/mol. The number of aromatic hydroxyl groups is 1. The minimum atomic E-state index is -0.278. The predicted octanol–water partition coefficient (Wildman–Crippen LogP) is 2.88. The van der Waals surface area contributed by atoms with Gasteiger partial charge in [0, 0.05) is 0 Å². The molecule has 1 N–H and O–H groups in total. The van der Waals surface area contributed by atoms with Gasteiger partial charge in [-0.1, -0.05) is 6.07 Å². The second kappa shape index (κ2) is 4.11. The van der Waals surface area contributed by atoms with Crippen molar-refractivity contribution in [3.05, 3.63) is 27.7 Å². The van der Waals surface area contributed by atoms with Crippen LogP contribution in [0.25, 0.3) is 0 Å². The highest BCUT2D eigenvalue weighted by atomic mass is 79.9. The van der Waals surface area contributed by atoms with Crippen molar-refractivity contribution < 1.29 is 9.90 Å². The average Bonchev–Trinajstić information content (AvgIpc) is 2.13. The summed E-state index contributed by atoms with van der Waals surface area (Å²) in [5.41, 5.74) is 1.14. The molecule has 0 unspecified atom stereocenters. The molecule has 0 aliphatic carbocycles. The molecule has 0 aromatic heterocycles. The third-order valence-corrected chi connectivity index (χ3v) is 2.97. The van der Waals surface area contributed by atoms with Crippen LogP contribution >= 0.6 is 27.5 Å². The van der Waals surface area contributed by atoms with Crippen LogP contribution in [0, 0.1) is 6.92 Å². The summed E-state index contributed by atoms with van der Waals surface area (Å²) in [6.45, 7) is 1.83. The van der Waals surface area contributed by atoms with Gasteiger partial charge in [0.1, 0.15) is 5.75 Å². The van der Waals surface area contributed by atoms with Crippen LogP contribution in [0.1, 0.15) is 15.9 Å². The number of phenolic OH excluding ortho intramolecular Hbond substituents is 1. The Balaban J connectivity index is 3.26. The molecule has 1 aromatic rings. The van der Waals surface area contributed by atoms with Gasteiger partial charge in [-0.15, -0.1) is 11.6 Å². The third kappa shape index (κ3) is 2.03. The fraction of sp³-hybridized carbons (Fsp3) is 0.222. The van der Waals surface area contributed by atoms with Crippen LogP contribution in [-0.4, -0.2) is 16.8 Å². The smallest absolute Gasteiger partial charge is 0.181 e. The number of halogens is 2. The van der Waals surface area contributed by atoms with Crippen LogP contribution in [0.3, 0.4) is 0 Å². The van der Waals surface area contributed by atoms with E-state index >= 15 is 0 Å². The number of carbonyl (C=O) groups excluding carboxylic acids is 1. The van der Waals surface area contributed by atoms with Crippen molar-refractivity contribution in [2.24, 2.45) is 0 Å². The Morgan fingerprint density at radius 3 is 2.77 bits per heavy atom. The van der Waals surface area contributed by atoms with Gasteiger partial charge in [0.2, 0.25) is 0 Å². The number of Topliss-reactive ketones (excluding diaryl/α,β-unsaturated/α-hetero) is 1. The summed E-state index contributed by atoms with van der Waals surface area (Å²) in [5.74, 6) is -0.436. The molecule has 0 atom stereocenters. The van der Waals surface area contributed by atoms with Crippen LogP contribution < -0.4 is 0 Å². The molecular formula is C9H8BrClO2. The van der Waals surface area contributed by atoms with Crippen LogP contribution in [0.5, 0.6) is 5.75 Å². The van der Waals surface area contributed by atoms with Crippen LogP contribution in [0.4, 0.5) is 0 Å². The van der Waals surface area contributed by atoms with Gasteiger partial charge in [0.15, 0.2) is 5.78 Å². The van der Waals surface area contributed by atoms with Crippen molar-refractivity contribution >= 4 is 33.3 Å². The van der Waals surface area contributed by atoms with Crippen molar-refractivity contribution in [2.75, 3.05) is 5.88 Å². The molecule has 1 aromatic carbocycles. The Morgan fingerprint density at radius 2 is 2.23 bits per heavy atom. The maximum atomic E-state index is 11.2. The Hall–Kier alpha value is -0.540. The van der Waals surface area contributed by atoms with Crippen molar-refractivity contribution in [3.8, 4) is 5.75 Å². The van der Waals surface area contributed by atoms with Gasteiger partial charge < -0.3 is 5.11 Å². The van der Waals surface area contributed by atoms with Gasteiger partial charge in [-0.05, 0) is 34.5 Å². The second-order valence-corrected chi connectivity index (χ2v) is 3.71. The van der Waals surface area contributed by atoms with Gasteiger partial charge in [-0.3, -0.25) is 4.79 Å². The molecule has 0 radical (unpaired) electrons. The lowest BCUT2D eigenvalue weighted by molar-refractivity contribution is 0.101. The van der Waals surface area contributed by atoms with E-state index in [1.807, 2.05) is 6.92 Å². The summed E-state index contributed by atoms with van der Waals surface area (Å²) in [6, 6.07) is 3.32. The number of benzene rings is 1. The Morgan fingerprint density at radius 1 is 1.62 bits per heavy atom. The largest absolute Gasteiger partial charge is 0.506 e. The summed E-state index contributed by atoms with van der Waals surface area (Å²) in [5, 5.41) is 9.55. The number of rotatable bonds is 2. The van der Waals surface area contributed by atoms with E-state index in [9.17, 15) is 9.90 Å². The molecule has 0 bridgehead atoms. The molecule has 13 heavy (non-hydrogen) atoms. The Bertz CT molecular complexity index is 350. The zero-order valence-corrected chi connectivity index (χ0v) is 9.32. The Labute approximate surface area is 89.7 Å². The number of hydrogen-bond acceptors (Lipinski definition) is 2. The molecule has 0 saturated heterocycles. The first kappa shape index (κ1) is 10.5. The van der Waals surface area contributed by atoms with Gasteiger partial charge in [0.05, 0.1) is 15.9 Å². The first-order valence-electron chi connectivity index (χ1n) is 3.65. The lowest BCUT2D eigenvalue weighted by Crippen LogP contribution is -2.01. The van der Waals surface area contributed by atoms with Crippen LogP contribution in [0.15, 0.2) is 16.6 Å². The van der Waals surface area contributed by atoms with Gasteiger partial charge >= 0.3 is 0 Å². The quantitative estimate of drug-likeness (QED) is 0.658. The van der Waals surface area contributed by atoms with Gasteiger partial charge in [-0.2, -0.15) is 0 Å². The molecule has 0 aliphatic rings. The first-order chi connectivity index (χ1) is 6.07. The number of hydrogen-bond donors (Lipinski definition) is 1. The van der Waals surface area contributed by atoms with Crippen molar-refractivity contribution in [1.82, 2.24) is 0 Å². The second-order valence-electron chi connectivity index (χ2n) is 2.65. The summed E-state index contributed by atoms with van der Waals surface area (Å²) >= 11 is 8.56. The normalized spacial score (nSPS) is 10.1. The lowest BCUT2D eigenvalue weighted by atomic mass is 10.1. The van der Waals surface area contributed by atoms with Gasteiger partial charge in [0.25, 0.3) is 0 Å². The summed E-state index contributed by atoms with van der Waals surface area (Å²) in [6.07, 6.45) is 0. The van der Waals surface area contributed by atoms with E-state index in [0.29, 0.717) is 4.47 Å². The number of carbonyl (C=O) groups is 1. The maximum absolute atomic E-state index is 11.2. The van der Waals surface area contributed by atoms with E-state index in [4.69, 9.17) is 11.6 Å². The summed E-state index contributed by atoms with van der Waals surface area (Å²) in [7, 11) is 0. The van der Waals surface area contributed by atoms with Crippen molar-refractivity contribution in [3.63, 3.8) is 0 Å². The third-order valence-electron chi connectivity index (χ3n) is 1.73. The number of alkyl halides is 1. The number of phenols is 1. The first-order valence-corrected chi connectivity index (χ1v) is 4.98. The summed E-state index contributed by atoms with van der Waals surface area (Å²) in [4.78, 5) is 11.2. The minimum Gasteiger partial charge on any atom is -0.506 e. The van der Waals surface area contributed by atoms with E-state index in [1.54, 1.807) is 12.1 Å². The molecule has 0 amide bonds. The minimum absolute atomic E-state index is 0.0364. The zero-order chi connectivity index (χ0) is 10.0. The average molecular weight is 264 g/mol. The maximum Gasteiger partial charge on any atom is 0.181 e. The SMILES string of the molecule is Cc1ccc(C(=O)CCl)c(O)c1Br. The fourth-order valence-electron chi connectivity index (χ4n) is 0.962. The van der Waals surface area contributed by atoms with Crippen molar-refractivity contribution in [2.45, 2.75) is 6.92 Å². The molecule has 0 heterocycles. The van der Waals surface area contributed by atoms with Gasteiger partial charge in [-0.25, -0.2) is 0 Å². The number of ketones is 1. The van der Waals surface area contributed by atoms with Crippen LogP contribution in [-0.2, 0) is 0 Å². The Kier molecular flexibility index (Phi) is 3.33. The lowest BCUT2D eigenvalue weighted by Gasteiger charge is -2.05. The highest BCUT2D eigenvalue weighted by Crippen LogP contribution is 2.31. The summed E-state index contributed by atoms with van der Waals surface area (Å²) < 4.78 is 0.545. The molecule has 0 aliphatic heterocycles. The van der Waals surface area contributed by atoms with E-state index in [-0.39, 0.29) is 23.0 Å². The topological polar surface area (TPSA) is 37.3 Å². The predicted molar refractivity (Wildman–Crippen MR) is 55.6 cm³/mol. The highest BCUT2D eigenvalue weighted by Gasteiger charge is 2.13. The molecule has 70 valence electrons. The van der Waals surface area contributed by atoms with E-state index in [1.165, 1.54) is 0 Å². The molecule has 1 rings (SSSR count). The monoisotopic (exact) mass is 262 g/mol. The number of aryl methyl sites for hydroxylation is 1. The fourth-order valence-corrected chi connectivity index (χ4v) is 1.45. The molecule has 4 heteroatoms. The molecule has 0 fully saturated rings. The highest BCUT2D eigenvalue weighted by molar-refractivity contribution is 9.10.